The second kappa shape index (κ2) is 13.3. The molecular formula is C32H44N2O3. The number of fused-ring (bicyclic) bond motifs is 1. The molecule has 2 aromatic carbocycles. The number of unbranched alkanes of at least 4 members (excludes halogenated alkanes) is 2. The predicted octanol–water partition coefficient (Wildman–Crippen LogP) is 5.54. The molecule has 2 aromatic rings. The van der Waals surface area contributed by atoms with Gasteiger partial charge in [0.1, 0.15) is 5.75 Å². The molecule has 4 atom stereocenters. The summed E-state index contributed by atoms with van der Waals surface area (Å²) < 4.78 is 11.7. The number of likely N-dealkylation sites (tertiary alicyclic amines) is 1. The second-order valence-corrected chi connectivity index (χ2v) is 10.8. The van der Waals surface area contributed by atoms with Crippen molar-refractivity contribution in [2.45, 2.75) is 68.9 Å². The van der Waals surface area contributed by atoms with Gasteiger partial charge in [-0.25, -0.2) is 0 Å². The number of nitrogens with one attached hydrogen (secondary N) is 1. The summed E-state index contributed by atoms with van der Waals surface area (Å²) >= 11 is 0. The molecule has 0 bridgehead atoms. The van der Waals surface area contributed by atoms with Crippen LogP contribution in [0.3, 0.4) is 0 Å². The molecule has 0 spiro atoms. The van der Waals surface area contributed by atoms with Crippen LogP contribution in [0.2, 0.25) is 0 Å². The summed E-state index contributed by atoms with van der Waals surface area (Å²) in [5.74, 6) is 1.40. The van der Waals surface area contributed by atoms with Crippen LogP contribution in [-0.2, 0) is 21.4 Å². The zero-order chi connectivity index (χ0) is 26.1. The third kappa shape index (κ3) is 6.82. The van der Waals surface area contributed by atoms with Crippen LogP contribution in [0.4, 0.5) is 0 Å². The fraction of sp³-hybridized carbons (Fsp3) is 0.531. The van der Waals surface area contributed by atoms with Crippen LogP contribution in [0.25, 0.3) is 0 Å². The van der Waals surface area contributed by atoms with E-state index in [0.717, 1.165) is 70.3 Å². The Kier molecular flexibility index (Phi) is 9.81. The lowest BCUT2D eigenvalue weighted by atomic mass is 9.57. The van der Waals surface area contributed by atoms with E-state index in [-0.39, 0.29) is 23.5 Å². The third-order valence-corrected chi connectivity index (χ3v) is 8.53. The SMILES string of the molecule is C=CCN1CCC2(c3cccc(OC)c3)CC(NC(=O)CCCCCc3ccccc3)CC(OC)C2C1. The number of rotatable bonds is 12. The van der Waals surface area contributed by atoms with Crippen molar-refractivity contribution >= 4 is 5.91 Å². The first-order chi connectivity index (χ1) is 18.1. The van der Waals surface area contributed by atoms with Gasteiger partial charge in [0.05, 0.1) is 13.2 Å². The molecule has 0 aromatic heterocycles. The monoisotopic (exact) mass is 504 g/mol. The number of aryl methyl sites for hydroxylation is 1. The third-order valence-electron chi connectivity index (χ3n) is 8.53. The van der Waals surface area contributed by atoms with Crippen molar-refractivity contribution in [3.63, 3.8) is 0 Å². The Balaban J connectivity index is 1.41. The average molecular weight is 505 g/mol. The van der Waals surface area contributed by atoms with Crippen molar-refractivity contribution in [2.24, 2.45) is 5.92 Å². The first kappa shape index (κ1) is 27.4. The highest BCUT2D eigenvalue weighted by Crippen LogP contribution is 2.50. The van der Waals surface area contributed by atoms with E-state index in [1.807, 2.05) is 19.3 Å². The molecule has 2 fully saturated rings. The van der Waals surface area contributed by atoms with Gasteiger partial charge < -0.3 is 14.8 Å². The Labute approximate surface area is 223 Å². The maximum absolute atomic E-state index is 13.0. The average Bonchev–Trinajstić information content (AvgIpc) is 2.93. The van der Waals surface area contributed by atoms with Crippen LogP contribution in [0, 0.1) is 5.92 Å². The largest absolute Gasteiger partial charge is 0.497 e. The smallest absolute Gasteiger partial charge is 0.220 e. The standard InChI is InChI=1S/C32H44N2O3/c1-4-19-34-20-18-32(26-15-11-16-28(21-26)36-2)23-27(22-30(37-3)29(32)24-34)33-31(35)17-10-6-9-14-25-12-7-5-8-13-25/h4-5,7-8,11-13,15-16,21,27,29-30H,1,6,9-10,14,17-20,22-24H2,2-3H3,(H,33,35). The van der Waals surface area contributed by atoms with Crippen molar-refractivity contribution < 1.29 is 14.3 Å². The summed E-state index contributed by atoms with van der Waals surface area (Å²) in [4.78, 5) is 15.5. The molecule has 5 nitrogen and oxygen atoms in total. The molecule has 1 saturated heterocycles. The highest BCUT2D eigenvalue weighted by atomic mass is 16.5. The van der Waals surface area contributed by atoms with E-state index in [0.29, 0.717) is 12.3 Å². The fourth-order valence-electron chi connectivity index (χ4n) is 6.65. The second-order valence-electron chi connectivity index (χ2n) is 10.8. The van der Waals surface area contributed by atoms with Crippen molar-refractivity contribution in [3.05, 3.63) is 78.4 Å². The van der Waals surface area contributed by atoms with Gasteiger partial charge in [-0.15, -0.1) is 6.58 Å². The molecule has 5 heteroatoms. The highest BCUT2D eigenvalue weighted by molar-refractivity contribution is 5.76. The number of benzene rings is 2. The fourth-order valence-corrected chi connectivity index (χ4v) is 6.65. The first-order valence-corrected chi connectivity index (χ1v) is 13.9. The van der Waals surface area contributed by atoms with Crippen LogP contribution in [0.15, 0.2) is 67.3 Å². The van der Waals surface area contributed by atoms with Gasteiger partial charge in [0, 0.05) is 44.0 Å². The number of piperidine rings is 1. The molecule has 1 saturated carbocycles. The lowest BCUT2D eigenvalue weighted by Gasteiger charge is -2.55. The molecule has 1 amide bonds. The zero-order valence-corrected chi connectivity index (χ0v) is 22.7. The number of ether oxygens (including phenoxy) is 2. The number of hydrogen-bond acceptors (Lipinski definition) is 4. The molecule has 0 radical (unpaired) electrons. The molecule has 4 rings (SSSR count). The molecular weight excluding hydrogens is 460 g/mol. The van der Waals surface area contributed by atoms with Crippen LogP contribution < -0.4 is 10.1 Å². The number of carbonyl (C=O) groups is 1. The maximum atomic E-state index is 13.0. The predicted molar refractivity (Wildman–Crippen MR) is 150 cm³/mol. The number of amides is 1. The minimum atomic E-state index is -0.0568. The summed E-state index contributed by atoms with van der Waals surface area (Å²) in [5, 5.41) is 3.40. The minimum Gasteiger partial charge on any atom is -0.497 e. The van der Waals surface area contributed by atoms with E-state index in [4.69, 9.17) is 9.47 Å². The number of hydrogen-bond donors (Lipinski definition) is 1. The van der Waals surface area contributed by atoms with Crippen molar-refractivity contribution in [1.29, 1.82) is 0 Å². The zero-order valence-electron chi connectivity index (χ0n) is 22.7. The van der Waals surface area contributed by atoms with Gasteiger partial charge in [0.25, 0.3) is 0 Å². The highest BCUT2D eigenvalue weighted by Gasteiger charge is 2.52. The summed E-state index contributed by atoms with van der Waals surface area (Å²) in [5.41, 5.74) is 2.62. The summed E-state index contributed by atoms with van der Waals surface area (Å²) in [6.07, 6.45) is 9.69. The van der Waals surface area contributed by atoms with Gasteiger partial charge in [0.2, 0.25) is 5.91 Å². The first-order valence-electron chi connectivity index (χ1n) is 13.9. The molecule has 4 unspecified atom stereocenters. The van der Waals surface area contributed by atoms with Crippen molar-refractivity contribution in [2.75, 3.05) is 33.9 Å². The molecule has 200 valence electrons. The van der Waals surface area contributed by atoms with Crippen molar-refractivity contribution in [3.8, 4) is 5.75 Å². The molecule has 1 heterocycles. The maximum Gasteiger partial charge on any atom is 0.220 e. The van der Waals surface area contributed by atoms with Crippen LogP contribution in [0.1, 0.15) is 56.1 Å². The summed E-state index contributed by atoms with van der Waals surface area (Å²) in [6, 6.07) is 19.2. The molecule has 1 aliphatic carbocycles. The lowest BCUT2D eigenvalue weighted by Crippen LogP contribution is -2.61. The van der Waals surface area contributed by atoms with Gasteiger partial charge in [0.15, 0.2) is 0 Å². The molecule has 37 heavy (non-hydrogen) atoms. The van der Waals surface area contributed by atoms with E-state index in [2.05, 4.69) is 65.3 Å². The number of methoxy groups -OCH3 is 2. The Morgan fingerprint density at radius 3 is 2.73 bits per heavy atom. The number of nitrogens with zero attached hydrogens (tertiary/aromatic N) is 1. The quantitative estimate of drug-likeness (QED) is 0.305. The van der Waals surface area contributed by atoms with Gasteiger partial charge in [-0.2, -0.15) is 0 Å². The Bertz CT molecular complexity index is 1010. The normalized spacial score (nSPS) is 25.7. The summed E-state index contributed by atoms with van der Waals surface area (Å²) in [7, 11) is 3.55. The van der Waals surface area contributed by atoms with Gasteiger partial charge in [-0.3, -0.25) is 9.69 Å². The Hall–Kier alpha value is -2.63. The van der Waals surface area contributed by atoms with E-state index in [9.17, 15) is 4.79 Å². The van der Waals surface area contributed by atoms with Crippen LogP contribution in [-0.4, -0.2) is 56.8 Å². The molecule has 2 aliphatic rings. The van der Waals surface area contributed by atoms with Crippen molar-refractivity contribution in [1.82, 2.24) is 10.2 Å². The lowest BCUT2D eigenvalue weighted by molar-refractivity contribution is -0.124. The van der Waals surface area contributed by atoms with Gasteiger partial charge in [-0.05, 0) is 68.3 Å². The minimum absolute atomic E-state index is 0.0568. The molecule has 1 N–H and O–H groups in total. The van der Waals surface area contributed by atoms with E-state index >= 15 is 0 Å². The Morgan fingerprint density at radius 1 is 1.14 bits per heavy atom. The van der Waals surface area contributed by atoms with E-state index in [1.54, 1.807) is 7.11 Å². The van der Waals surface area contributed by atoms with E-state index < -0.39 is 0 Å². The summed E-state index contributed by atoms with van der Waals surface area (Å²) in [6.45, 7) is 6.84. The van der Waals surface area contributed by atoms with Crippen LogP contribution in [0.5, 0.6) is 5.75 Å². The molecule has 1 aliphatic heterocycles. The van der Waals surface area contributed by atoms with E-state index in [1.165, 1.54) is 11.1 Å². The Morgan fingerprint density at radius 2 is 1.97 bits per heavy atom. The number of carbonyl (C=O) groups excluding carboxylic acids is 1. The van der Waals surface area contributed by atoms with Crippen LogP contribution >= 0.6 is 0 Å². The van der Waals surface area contributed by atoms with Gasteiger partial charge in [-0.1, -0.05) is 55.0 Å². The van der Waals surface area contributed by atoms with Gasteiger partial charge >= 0.3 is 0 Å². The topological polar surface area (TPSA) is 50.8 Å².